The smallest absolute Gasteiger partial charge is 0.268 e. The Kier molecular flexibility index (Phi) is 4.97. The van der Waals surface area contributed by atoms with Crippen molar-refractivity contribution in [2.45, 2.75) is 44.9 Å². The molecule has 5 fully saturated rings. The van der Waals surface area contributed by atoms with Gasteiger partial charge in [0.1, 0.15) is 11.3 Å². The maximum absolute atomic E-state index is 13.2. The lowest BCUT2D eigenvalue weighted by molar-refractivity contribution is -0.131. The van der Waals surface area contributed by atoms with Gasteiger partial charge < -0.3 is 15.5 Å². The van der Waals surface area contributed by atoms with Gasteiger partial charge in [0.2, 0.25) is 5.91 Å². The first kappa shape index (κ1) is 20.2. The number of carbonyl (C=O) groups is 2. The molecule has 7 heteroatoms. The number of imidazole rings is 1. The third-order valence-corrected chi connectivity index (χ3v) is 8.37. The molecule has 4 aliphatic carbocycles. The number of fused-ring (bicyclic) bond motifs is 1. The molecule has 7 rings (SSSR count). The van der Waals surface area contributed by atoms with E-state index in [4.69, 9.17) is 0 Å². The Morgan fingerprint density at radius 3 is 2.44 bits per heavy atom. The summed E-state index contributed by atoms with van der Waals surface area (Å²) in [4.78, 5) is 32.3. The van der Waals surface area contributed by atoms with Crippen LogP contribution in [0, 0.1) is 23.2 Å². The molecule has 2 N–H and O–H groups in total. The van der Waals surface area contributed by atoms with Gasteiger partial charge in [0.05, 0.1) is 12.1 Å². The molecule has 0 unspecified atom stereocenters. The maximum Gasteiger partial charge on any atom is 0.268 e. The minimum Gasteiger partial charge on any atom is -0.350 e. The quantitative estimate of drug-likeness (QED) is 0.755. The Morgan fingerprint density at radius 1 is 1.06 bits per heavy atom. The standard InChI is InChI=1S/C25H33N5O2/c31-23(29-6-4-26-5-7-29)11-20-15-30-21(2-1-3-22(30)28-20)24(32)27-16-25-12-17-8-18(13-25)10-19(9-17)14-25/h1-3,15,17-19,26H,4-14,16H2,(H,27,32). The second kappa shape index (κ2) is 7.87. The molecule has 2 aromatic heterocycles. The highest BCUT2D eigenvalue weighted by Crippen LogP contribution is 2.59. The lowest BCUT2D eigenvalue weighted by Gasteiger charge is -2.56. The van der Waals surface area contributed by atoms with Gasteiger partial charge >= 0.3 is 0 Å². The van der Waals surface area contributed by atoms with E-state index in [9.17, 15) is 9.59 Å². The molecule has 4 saturated carbocycles. The Bertz CT molecular complexity index is 1000. The summed E-state index contributed by atoms with van der Waals surface area (Å²) >= 11 is 0. The molecule has 4 bridgehead atoms. The van der Waals surface area contributed by atoms with E-state index in [1.807, 2.05) is 33.7 Å². The molecule has 1 aliphatic heterocycles. The molecule has 0 spiro atoms. The Labute approximate surface area is 188 Å². The van der Waals surface area contributed by atoms with Crippen molar-refractivity contribution in [1.82, 2.24) is 24.9 Å². The molecule has 32 heavy (non-hydrogen) atoms. The number of pyridine rings is 1. The van der Waals surface area contributed by atoms with Crippen molar-refractivity contribution in [1.29, 1.82) is 0 Å². The zero-order valence-corrected chi connectivity index (χ0v) is 18.7. The van der Waals surface area contributed by atoms with Crippen molar-refractivity contribution in [3.05, 3.63) is 35.8 Å². The van der Waals surface area contributed by atoms with Crippen LogP contribution in [0.1, 0.15) is 54.7 Å². The molecule has 7 nitrogen and oxygen atoms in total. The predicted molar refractivity (Wildman–Crippen MR) is 121 cm³/mol. The number of carbonyl (C=O) groups excluding carboxylic acids is 2. The second-order valence-electron chi connectivity index (χ2n) is 10.8. The summed E-state index contributed by atoms with van der Waals surface area (Å²) in [5.74, 6) is 2.70. The summed E-state index contributed by atoms with van der Waals surface area (Å²) in [5.41, 5.74) is 2.35. The molecule has 5 aliphatic rings. The van der Waals surface area contributed by atoms with E-state index in [1.54, 1.807) is 0 Å². The number of nitrogens with zero attached hydrogens (tertiary/aromatic N) is 3. The van der Waals surface area contributed by atoms with Gasteiger partial charge in [0.15, 0.2) is 0 Å². The number of amides is 2. The van der Waals surface area contributed by atoms with Crippen molar-refractivity contribution in [2.24, 2.45) is 23.2 Å². The van der Waals surface area contributed by atoms with Crippen molar-refractivity contribution < 1.29 is 9.59 Å². The van der Waals surface area contributed by atoms with E-state index in [0.717, 1.165) is 61.8 Å². The lowest BCUT2D eigenvalue weighted by atomic mass is 9.49. The first-order chi connectivity index (χ1) is 15.6. The van der Waals surface area contributed by atoms with Crippen LogP contribution < -0.4 is 10.6 Å². The molecule has 0 aromatic carbocycles. The number of rotatable bonds is 5. The Balaban J connectivity index is 1.16. The average Bonchev–Trinajstić information content (AvgIpc) is 3.19. The first-order valence-corrected chi connectivity index (χ1v) is 12.3. The molecular weight excluding hydrogens is 402 g/mol. The van der Waals surface area contributed by atoms with Gasteiger partial charge in [0.25, 0.3) is 5.91 Å². The van der Waals surface area contributed by atoms with E-state index in [0.29, 0.717) is 11.1 Å². The van der Waals surface area contributed by atoms with Crippen molar-refractivity contribution in [3.8, 4) is 0 Å². The topological polar surface area (TPSA) is 78.7 Å². The highest BCUT2D eigenvalue weighted by atomic mass is 16.2. The lowest BCUT2D eigenvalue weighted by Crippen LogP contribution is -2.51. The van der Waals surface area contributed by atoms with Gasteiger partial charge in [0, 0.05) is 38.9 Å². The fourth-order valence-electron chi connectivity index (χ4n) is 7.38. The zero-order valence-electron chi connectivity index (χ0n) is 18.7. The number of aromatic nitrogens is 2. The normalized spacial score (nSPS) is 31.2. The van der Waals surface area contributed by atoms with Crippen molar-refractivity contribution >= 4 is 17.5 Å². The van der Waals surface area contributed by atoms with Gasteiger partial charge in [-0.15, -0.1) is 0 Å². The number of hydrogen-bond donors (Lipinski definition) is 2. The van der Waals surface area contributed by atoms with E-state index in [2.05, 4.69) is 15.6 Å². The van der Waals surface area contributed by atoms with Gasteiger partial charge in [-0.1, -0.05) is 6.07 Å². The fourth-order valence-corrected chi connectivity index (χ4v) is 7.38. The average molecular weight is 436 g/mol. The minimum absolute atomic E-state index is 0.0382. The molecule has 170 valence electrons. The Hall–Kier alpha value is -2.41. The molecule has 3 heterocycles. The van der Waals surface area contributed by atoms with Crippen LogP contribution in [-0.2, 0) is 11.2 Å². The summed E-state index contributed by atoms with van der Waals surface area (Å²) < 4.78 is 1.84. The van der Waals surface area contributed by atoms with E-state index >= 15 is 0 Å². The molecule has 2 aromatic rings. The number of piperazine rings is 1. The third-order valence-electron chi connectivity index (χ3n) is 8.37. The van der Waals surface area contributed by atoms with Crippen molar-refractivity contribution in [3.63, 3.8) is 0 Å². The molecule has 1 saturated heterocycles. The molecule has 0 atom stereocenters. The largest absolute Gasteiger partial charge is 0.350 e. The monoisotopic (exact) mass is 435 g/mol. The van der Waals surface area contributed by atoms with E-state index in [1.165, 1.54) is 38.5 Å². The summed E-state index contributed by atoms with van der Waals surface area (Å²) in [6.07, 6.45) is 10.2. The van der Waals surface area contributed by atoms with Crippen LogP contribution in [-0.4, -0.2) is 58.8 Å². The van der Waals surface area contributed by atoms with Gasteiger partial charge in [-0.05, 0) is 73.8 Å². The summed E-state index contributed by atoms with van der Waals surface area (Å²) in [7, 11) is 0. The molecule has 0 radical (unpaired) electrons. The summed E-state index contributed by atoms with van der Waals surface area (Å²) in [5, 5.41) is 6.55. The molecule has 2 amide bonds. The van der Waals surface area contributed by atoms with Crippen LogP contribution in [0.4, 0.5) is 0 Å². The van der Waals surface area contributed by atoms with Crippen molar-refractivity contribution in [2.75, 3.05) is 32.7 Å². The van der Waals surface area contributed by atoms with E-state index < -0.39 is 0 Å². The minimum atomic E-state index is -0.0382. The zero-order chi connectivity index (χ0) is 21.7. The van der Waals surface area contributed by atoms with Crippen LogP contribution in [0.2, 0.25) is 0 Å². The van der Waals surface area contributed by atoms with Crippen LogP contribution in [0.15, 0.2) is 24.4 Å². The second-order valence-corrected chi connectivity index (χ2v) is 10.8. The van der Waals surface area contributed by atoms with Crippen LogP contribution in [0.25, 0.3) is 5.65 Å². The fraction of sp³-hybridized carbons (Fsp3) is 0.640. The number of nitrogens with one attached hydrogen (secondary N) is 2. The predicted octanol–water partition coefficient (Wildman–Crippen LogP) is 2.25. The van der Waals surface area contributed by atoms with E-state index in [-0.39, 0.29) is 18.2 Å². The maximum atomic E-state index is 13.2. The van der Waals surface area contributed by atoms with Crippen LogP contribution in [0.5, 0.6) is 0 Å². The molecular formula is C25H33N5O2. The summed E-state index contributed by atoms with van der Waals surface area (Å²) in [6, 6.07) is 5.63. The number of hydrogen-bond acceptors (Lipinski definition) is 4. The van der Waals surface area contributed by atoms with Gasteiger partial charge in [-0.3, -0.25) is 14.0 Å². The Morgan fingerprint density at radius 2 is 1.75 bits per heavy atom. The van der Waals surface area contributed by atoms with Crippen LogP contribution >= 0.6 is 0 Å². The van der Waals surface area contributed by atoms with Gasteiger partial charge in [-0.2, -0.15) is 0 Å². The highest BCUT2D eigenvalue weighted by Gasteiger charge is 2.50. The van der Waals surface area contributed by atoms with Gasteiger partial charge in [-0.25, -0.2) is 4.98 Å². The summed E-state index contributed by atoms with van der Waals surface area (Å²) in [6.45, 7) is 3.94. The highest BCUT2D eigenvalue weighted by molar-refractivity contribution is 5.93. The SMILES string of the molecule is O=C(NCC12CC3CC(CC(C3)C1)C2)c1cccc2nc(CC(=O)N3CCNCC3)cn12. The first-order valence-electron chi connectivity index (χ1n) is 12.3. The van der Waals surface area contributed by atoms with Crippen LogP contribution in [0.3, 0.4) is 0 Å². The third kappa shape index (κ3) is 3.70.